The Bertz CT molecular complexity index is 362. The average Bonchev–Trinajstić information content (AvgIpc) is 2.35. The highest BCUT2D eigenvalue weighted by Gasteiger charge is 2.26. The van der Waals surface area contributed by atoms with Gasteiger partial charge in [0.2, 0.25) is 0 Å². The fourth-order valence-corrected chi connectivity index (χ4v) is 1.92. The summed E-state index contributed by atoms with van der Waals surface area (Å²) in [4.78, 5) is 11.1. The Morgan fingerprint density at radius 1 is 1.24 bits per heavy atom. The van der Waals surface area contributed by atoms with Gasteiger partial charge < -0.3 is 15.7 Å². The lowest BCUT2D eigenvalue weighted by atomic mass is 9.98. The Labute approximate surface area is 102 Å². The molecule has 0 fully saturated rings. The number of aryl methyl sites for hydroxylation is 1. The van der Waals surface area contributed by atoms with Crippen molar-refractivity contribution in [1.82, 2.24) is 10.6 Å². The Kier molecular flexibility index (Phi) is 5.12. The summed E-state index contributed by atoms with van der Waals surface area (Å²) in [6.45, 7) is 2.10. The number of carboxylic acids is 1. The highest BCUT2D eigenvalue weighted by atomic mass is 16.4. The van der Waals surface area contributed by atoms with E-state index in [1.807, 2.05) is 24.3 Å². The lowest BCUT2D eigenvalue weighted by Gasteiger charge is -2.23. The first-order valence-electron chi connectivity index (χ1n) is 5.80. The van der Waals surface area contributed by atoms with Crippen LogP contribution in [0.2, 0.25) is 0 Å². The number of hydrogen-bond donors (Lipinski definition) is 3. The molecular weight excluding hydrogens is 216 g/mol. The molecule has 0 aliphatic heterocycles. The molecule has 0 aliphatic rings. The van der Waals surface area contributed by atoms with Crippen molar-refractivity contribution in [2.75, 3.05) is 14.1 Å². The minimum absolute atomic E-state index is 0.233. The predicted molar refractivity (Wildman–Crippen MR) is 68.1 cm³/mol. The summed E-state index contributed by atoms with van der Waals surface area (Å²) in [6.07, 6.45) is 0.985. The van der Waals surface area contributed by atoms with Gasteiger partial charge in [0.1, 0.15) is 6.04 Å². The van der Waals surface area contributed by atoms with Gasteiger partial charge in [-0.2, -0.15) is 0 Å². The molecule has 2 unspecified atom stereocenters. The van der Waals surface area contributed by atoms with Crippen molar-refractivity contribution in [3.8, 4) is 0 Å². The zero-order chi connectivity index (χ0) is 12.8. The second-order valence-corrected chi connectivity index (χ2v) is 3.97. The Morgan fingerprint density at radius 3 is 2.18 bits per heavy atom. The van der Waals surface area contributed by atoms with Gasteiger partial charge in [0, 0.05) is 0 Å². The van der Waals surface area contributed by atoms with Gasteiger partial charge in [-0.25, -0.2) is 0 Å². The molecule has 0 amide bonds. The molecule has 0 bridgehead atoms. The molecule has 3 N–H and O–H groups in total. The Hall–Kier alpha value is -1.39. The van der Waals surface area contributed by atoms with Gasteiger partial charge in [-0.05, 0) is 31.6 Å². The van der Waals surface area contributed by atoms with Crippen LogP contribution in [0.5, 0.6) is 0 Å². The number of nitrogens with one attached hydrogen (secondary N) is 2. The third kappa shape index (κ3) is 3.28. The van der Waals surface area contributed by atoms with E-state index in [1.54, 1.807) is 14.1 Å². The highest BCUT2D eigenvalue weighted by molar-refractivity contribution is 5.74. The minimum atomic E-state index is -0.855. The SMILES string of the molecule is CCc1ccc(C(NC)C(NC)C(=O)O)cc1. The van der Waals surface area contributed by atoms with Gasteiger partial charge in [0.25, 0.3) is 0 Å². The summed E-state index contributed by atoms with van der Waals surface area (Å²) in [5.41, 5.74) is 2.23. The van der Waals surface area contributed by atoms with E-state index in [9.17, 15) is 4.79 Å². The third-order valence-electron chi connectivity index (χ3n) is 2.97. The number of hydrogen-bond acceptors (Lipinski definition) is 3. The lowest BCUT2D eigenvalue weighted by molar-refractivity contribution is -0.140. The number of benzene rings is 1. The van der Waals surface area contributed by atoms with Crippen LogP contribution in [0.3, 0.4) is 0 Å². The first-order chi connectivity index (χ1) is 8.13. The third-order valence-corrected chi connectivity index (χ3v) is 2.97. The van der Waals surface area contributed by atoms with Crippen molar-refractivity contribution < 1.29 is 9.90 Å². The number of aliphatic carboxylic acids is 1. The molecule has 0 saturated carbocycles. The maximum atomic E-state index is 11.1. The van der Waals surface area contributed by atoms with Gasteiger partial charge in [-0.15, -0.1) is 0 Å². The molecule has 17 heavy (non-hydrogen) atoms. The van der Waals surface area contributed by atoms with Crippen LogP contribution in [-0.2, 0) is 11.2 Å². The first-order valence-corrected chi connectivity index (χ1v) is 5.80. The summed E-state index contributed by atoms with van der Waals surface area (Å²) < 4.78 is 0. The van der Waals surface area contributed by atoms with Crippen LogP contribution in [-0.4, -0.2) is 31.2 Å². The quantitative estimate of drug-likeness (QED) is 0.694. The highest BCUT2D eigenvalue weighted by Crippen LogP contribution is 2.17. The standard InChI is InChI=1S/C13H20N2O2/c1-4-9-5-7-10(8-6-9)11(14-2)12(15-3)13(16)17/h5-8,11-12,14-15H,4H2,1-3H3,(H,16,17). The van der Waals surface area contributed by atoms with Crippen LogP contribution in [0.1, 0.15) is 24.1 Å². The zero-order valence-corrected chi connectivity index (χ0v) is 10.5. The number of carbonyl (C=O) groups is 1. The monoisotopic (exact) mass is 236 g/mol. The molecule has 1 rings (SSSR count). The van der Waals surface area contributed by atoms with Crippen LogP contribution >= 0.6 is 0 Å². The van der Waals surface area contributed by atoms with Gasteiger partial charge in [0.05, 0.1) is 6.04 Å². The molecule has 2 atom stereocenters. The summed E-state index contributed by atoms with van der Waals surface area (Å²) in [5, 5.41) is 15.0. The van der Waals surface area contributed by atoms with Gasteiger partial charge in [-0.1, -0.05) is 31.2 Å². The van der Waals surface area contributed by atoms with Crippen molar-refractivity contribution in [3.63, 3.8) is 0 Å². The van der Waals surface area contributed by atoms with E-state index in [-0.39, 0.29) is 6.04 Å². The van der Waals surface area contributed by atoms with E-state index in [0.29, 0.717) is 0 Å². The molecule has 1 aromatic carbocycles. The summed E-state index contributed by atoms with van der Waals surface area (Å²) >= 11 is 0. The Morgan fingerprint density at radius 2 is 1.82 bits per heavy atom. The summed E-state index contributed by atoms with van der Waals surface area (Å²) in [7, 11) is 3.43. The van der Waals surface area contributed by atoms with E-state index < -0.39 is 12.0 Å². The molecule has 1 aromatic rings. The van der Waals surface area contributed by atoms with Crippen LogP contribution in [0.15, 0.2) is 24.3 Å². The number of rotatable bonds is 6. The largest absolute Gasteiger partial charge is 0.480 e. The molecule has 0 aromatic heterocycles. The molecule has 0 saturated heterocycles. The van der Waals surface area contributed by atoms with E-state index in [1.165, 1.54) is 5.56 Å². The molecular formula is C13H20N2O2. The van der Waals surface area contributed by atoms with E-state index in [0.717, 1.165) is 12.0 Å². The summed E-state index contributed by atoms with van der Waals surface area (Å²) in [6, 6.07) is 7.17. The zero-order valence-electron chi connectivity index (χ0n) is 10.5. The molecule has 94 valence electrons. The van der Waals surface area contributed by atoms with E-state index >= 15 is 0 Å². The maximum Gasteiger partial charge on any atom is 0.322 e. The molecule has 0 spiro atoms. The van der Waals surface area contributed by atoms with Crippen molar-refractivity contribution in [3.05, 3.63) is 35.4 Å². The molecule has 4 heteroatoms. The average molecular weight is 236 g/mol. The van der Waals surface area contributed by atoms with Crippen LogP contribution in [0.25, 0.3) is 0 Å². The van der Waals surface area contributed by atoms with Gasteiger partial charge in [0.15, 0.2) is 0 Å². The second-order valence-electron chi connectivity index (χ2n) is 3.97. The molecule has 0 aliphatic carbocycles. The normalized spacial score (nSPS) is 14.3. The predicted octanol–water partition coefficient (Wildman–Crippen LogP) is 1.18. The smallest absolute Gasteiger partial charge is 0.322 e. The molecule has 0 radical (unpaired) electrons. The van der Waals surface area contributed by atoms with Crippen LogP contribution in [0, 0.1) is 0 Å². The van der Waals surface area contributed by atoms with Gasteiger partial charge >= 0.3 is 5.97 Å². The van der Waals surface area contributed by atoms with Crippen molar-refractivity contribution in [1.29, 1.82) is 0 Å². The van der Waals surface area contributed by atoms with E-state index in [2.05, 4.69) is 17.6 Å². The molecule has 4 nitrogen and oxygen atoms in total. The van der Waals surface area contributed by atoms with E-state index in [4.69, 9.17) is 5.11 Å². The number of carboxylic acid groups (broad SMARTS) is 1. The minimum Gasteiger partial charge on any atom is -0.480 e. The number of likely N-dealkylation sites (N-methyl/N-ethyl adjacent to an activating group) is 2. The van der Waals surface area contributed by atoms with Crippen LogP contribution < -0.4 is 10.6 Å². The fraction of sp³-hybridized carbons (Fsp3) is 0.462. The first kappa shape index (κ1) is 13.7. The lowest BCUT2D eigenvalue weighted by Crippen LogP contribution is -2.44. The summed E-state index contributed by atoms with van der Waals surface area (Å²) in [5.74, 6) is -0.855. The second kappa shape index (κ2) is 6.37. The topological polar surface area (TPSA) is 61.4 Å². The van der Waals surface area contributed by atoms with Gasteiger partial charge in [-0.3, -0.25) is 4.79 Å². The molecule has 0 heterocycles. The van der Waals surface area contributed by atoms with Crippen molar-refractivity contribution in [2.24, 2.45) is 0 Å². The van der Waals surface area contributed by atoms with Crippen molar-refractivity contribution >= 4 is 5.97 Å². The maximum absolute atomic E-state index is 11.1. The van der Waals surface area contributed by atoms with Crippen LogP contribution in [0.4, 0.5) is 0 Å². The van der Waals surface area contributed by atoms with Crippen molar-refractivity contribution in [2.45, 2.75) is 25.4 Å². The fourth-order valence-electron chi connectivity index (χ4n) is 1.92. The Balaban J connectivity index is 2.95.